The highest BCUT2D eigenvalue weighted by Gasteiger charge is 1.94. The smallest absolute Gasteiger partial charge is 0.0192 e. The minimum atomic E-state index is 1.10. The fraction of sp³-hybridized carbons (Fsp3) is 0.947. The first-order valence-corrected chi connectivity index (χ1v) is 9.45. The number of hydrogen-bond donors (Lipinski definition) is 1. The lowest BCUT2D eigenvalue weighted by molar-refractivity contribution is 0.529. The third kappa shape index (κ3) is 18.0. The van der Waals surface area contributed by atoms with E-state index in [0.717, 1.165) is 6.42 Å². The molecule has 0 aromatic heterocycles. The molecule has 0 aromatic rings. The molecule has 2 N–H and O–H groups in total. The summed E-state index contributed by atoms with van der Waals surface area (Å²) < 4.78 is 0. The molecule has 0 unspecified atom stereocenters. The van der Waals surface area contributed by atoms with Gasteiger partial charge in [-0.05, 0) is 6.42 Å². The van der Waals surface area contributed by atoms with Crippen LogP contribution in [0.1, 0.15) is 116 Å². The SMILES string of the molecule is CCCCCCCCCCCCCCCCCC[CH]N. The molecule has 1 nitrogen and oxygen atoms in total. The van der Waals surface area contributed by atoms with Gasteiger partial charge in [0.25, 0.3) is 0 Å². The molecule has 1 radical (unpaired) electrons. The first kappa shape index (κ1) is 20.0. The minimum Gasteiger partial charge on any atom is -0.326 e. The topological polar surface area (TPSA) is 26.0 Å². The van der Waals surface area contributed by atoms with Crippen LogP contribution in [0, 0.1) is 6.54 Å². The molecule has 0 aliphatic carbocycles. The average Bonchev–Trinajstić information content (AvgIpc) is 2.47. The zero-order chi connectivity index (χ0) is 14.7. The third-order valence-electron chi connectivity index (χ3n) is 4.22. The Morgan fingerprint density at radius 2 is 0.800 bits per heavy atom. The molecule has 0 aliphatic heterocycles. The molecular weight excluding hydrogens is 242 g/mol. The van der Waals surface area contributed by atoms with Crippen molar-refractivity contribution < 1.29 is 0 Å². The van der Waals surface area contributed by atoms with E-state index in [4.69, 9.17) is 5.73 Å². The van der Waals surface area contributed by atoms with Gasteiger partial charge in [-0.25, -0.2) is 0 Å². The summed E-state index contributed by atoms with van der Waals surface area (Å²) in [6, 6.07) is 0. The molecule has 0 heterocycles. The van der Waals surface area contributed by atoms with Crippen LogP contribution in [0.3, 0.4) is 0 Å². The normalized spacial score (nSPS) is 11.1. The molecule has 0 fully saturated rings. The summed E-state index contributed by atoms with van der Waals surface area (Å²) in [5, 5.41) is 0. The predicted molar refractivity (Wildman–Crippen MR) is 92.7 cm³/mol. The van der Waals surface area contributed by atoms with E-state index in [2.05, 4.69) is 6.92 Å². The molecule has 0 bridgehead atoms. The van der Waals surface area contributed by atoms with Gasteiger partial charge in [-0.3, -0.25) is 0 Å². The fourth-order valence-electron chi connectivity index (χ4n) is 2.81. The van der Waals surface area contributed by atoms with E-state index < -0.39 is 0 Å². The lowest BCUT2D eigenvalue weighted by Gasteiger charge is -2.03. The number of hydrogen-bond acceptors (Lipinski definition) is 1. The second-order valence-electron chi connectivity index (χ2n) is 6.33. The molecule has 0 amide bonds. The summed E-state index contributed by atoms with van der Waals surface area (Å²) >= 11 is 0. The molecule has 0 rings (SSSR count). The summed E-state index contributed by atoms with van der Waals surface area (Å²) in [5.74, 6) is 0. The van der Waals surface area contributed by atoms with E-state index in [-0.39, 0.29) is 0 Å². The van der Waals surface area contributed by atoms with Crippen LogP contribution in [-0.4, -0.2) is 0 Å². The van der Waals surface area contributed by atoms with Gasteiger partial charge >= 0.3 is 0 Å². The Hall–Kier alpha value is -0.0400. The standard InChI is InChI=1S/C19H40N/c1-2-3-4-5-6-7-8-9-10-11-12-13-14-15-16-17-18-19-20/h19H,2-18,20H2,1H3. The fourth-order valence-corrected chi connectivity index (χ4v) is 2.81. The van der Waals surface area contributed by atoms with Crippen LogP contribution in [0.25, 0.3) is 0 Å². The van der Waals surface area contributed by atoms with Crippen LogP contribution < -0.4 is 5.73 Å². The van der Waals surface area contributed by atoms with E-state index in [1.165, 1.54) is 103 Å². The summed E-state index contributed by atoms with van der Waals surface area (Å²) in [7, 11) is 0. The van der Waals surface area contributed by atoms with Crippen molar-refractivity contribution in [2.75, 3.05) is 0 Å². The molecule has 1 heteroatoms. The van der Waals surface area contributed by atoms with Crippen molar-refractivity contribution >= 4 is 0 Å². The van der Waals surface area contributed by atoms with Gasteiger partial charge in [0.15, 0.2) is 0 Å². The Bertz CT molecular complexity index is 138. The van der Waals surface area contributed by atoms with Crippen LogP contribution in [0.5, 0.6) is 0 Å². The quantitative estimate of drug-likeness (QED) is 0.293. The Kier molecular flexibility index (Phi) is 18.9. The maximum Gasteiger partial charge on any atom is 0.0192 e. The largest absolute Gasteiger partial charge is 0.326 e. The van der Waals surface area contributed by atoms with Crippen LogP contribution in [0.15, 0.2) is 0 Å². The number of unbranched alkanes of at least 4 members (excludes halogenated alkanes) is 16. The molecule has 0 saturated heterocycles. The van der Waals surface area contributed by atoms with Crippen molar-refractivity contribution in [3.63, 3.8) is 0 Å². The van der Waals surface area contributed by atoms with Crippen molar-refractivity contribution in [3.05, 3.63) is 6.54 Å². The predicted octanol–water partition coefficient (Wildman–Crippen LogP) is 6.76. The second-order valence-corrected chi connectivity index (χ2v) is 6.33. The Morgan fingerprint density at radius 3 is 1.10 bits per heavy atom. The Morgan fingerprint density at radius 1 is 0.500 bits per heavy atom. The number of rotatable bonds is 17. The first-order chi connectivity index (χ1) is 9.91. The monoisotopic (exact) mass is 282 g/mol. The van der Waals surface area contributed by atoms with Gasteiger partial charge in [0.1, 0.15) is 0 Å². The van der Waals surface area contributed by atoms with Gasteiger partial charge < -0.3 is 5.73 Å². The molecule has 0 atom stereocenters. The third-order valence-corrected chi connectivity index (χ3v) is 4.22. The van der Waals surface area contributed by atoms with Gasteiger partial charge in [0.05, 0.1) is 0 Å². The zero-order valence-electron chi connectivity index (χ0n) is 14.2. The van der Waals surface area contributed by atoms with Crippen molar-refractivity contribution in [1.82, 2.24) is 0 Å². The highest BCUT2D eigenvalue weighted by atomic mass is 14.5. The van der Waals surface area contributed by atoms with Gasteiger partial charge in [-0.1, -0.05) is 110 Å². The van der Waals surface area contributed by atoms with E-state index in [9.17, 15) is 0 Å². The van der Waals surface area contributed by atoms with Crippen molar-refractivity contribution in [2.45, 2.75) is 116 Å². The molecular formula is C19H40N. The molecule has 0 aromatic carbocycles. The number of nitrogens with two attached hydrogens (primary N) is 1. The van der Waals surface area contributed by atoms with Crippen LogP contribution in [-0.2, 0) is 0 Å². The van der Waals surface area contributed by atoms with Crippen molar-refractivity contribution in [1.29, 1.82) is 0 Å². The van der Waals surface area contributed by atoms with Gasteiger partial charge in [0.2, 0.25) is 0 Å². The summed E-state index contributed by atoms with van der Waals surface area (Å²) in [6.07, 6.45) is 24.0. The highest BCUT2D eigenvalue weighted by molar-refractivity contribution is 4.54. The maximum atomic E-state index is 5.36. The Labute approximate surface area is 129 Å². The van der Waals surface area contributed by atoms with E-state index in [1.807, 2.05) is 0 Å². The Balaban J connectivity index is 2.89. The molecule has 20 heavy (non-hydrogen) atoms. The van der Waals surface area contributed by atoms with E-state index >= 15 is 0 Å². The molecule has 0 spiro atoms. The summed E-state index contributed by atoms with van der Waals surface area (Å²) in [4.78, 5) is 0. The summed E-state index contributed by atoms with van der Waals surface area (Å²) in [6.45, 7) is 4.09. The van der Waals surface area contributed by atoms with E-state index in [0.29, 0.717) is 0 Å². The molecule has 0 saturated carbocycles. The van der Waals surface area contributed by atoms with Crippen LogP contribution >= 0.6 is 0 Å². The lowest BCUT2D eigenvalue weighted by Crippen LogP contribution is -1.89. The first-order valence-electron chi connectivity index (χ1n) is 9.45. The van der Waals surface area contributed by atoms with Crippen molar-refractivity contribution in [2.24, 2.45) is 5.73 Å². The maximum absolute atomic E-state index is 5.36. The van der Waals surface area contributed by atoms with Crippen molar-refractivity contribution in [3.8, 4) is 0 Å². The molecule has 0 aliphatic rings. The van der Waals surface area contributed by atoms with Gasteiger partial charge in [-0.15, -0.1) is 0 Å². The van der Waals surface area contributed by atoms with Gasteiger partial charge in [0, 0.05) is 6.54 Å². The second kappa shape index (κ2) is 19.0. The molecule has 121 valence electrons. The van der Waals surface area contributed by atoms with Crippen LogP contribution in [0.2, 0.25) is 0 Å². The average molecular weight is 283 g/mol. The summed E-state index contributed by atoms with van der Waals surface area (Å²) in [5.41, 5.74) is 5.36. The highest BCUT2D eigenvalue weighted by Crippen LogP contribution is 2.13. The van der Waals surface area contributed by atoms with Crippen LogP contribution in [0.4, 0.5) is 0 Å². The minimum absolute atomic E-state index is 1.10. The lowest BCUT2D eigenvalue weighted by atomic mass is 10.0. The van der Waals surface area contributed by atoms with Gasteiger partial charge in [-0.2, -0.15) is 0 Å². The van der Waals surface area contributed by atoms with E-state index in [1.54, 1.807) is 6.54 Å². The zero-order valence-corrected chi connectivity index (χ0v) is 14.2.